The van der Waals surface area contributed by atoms with E-state index in [0.29, 0.717) is 12.6 Å². The molecule has 102 valence electrons. The van der Waals surface area contributed by atoms with Crippen molar-refractivity contribution in [2.24, 2.45) is 0 Å². The molecule has 2 aliphatic rings. The number of hydrogen-bond acceptors (Lipinski definition) is 2. The molecule has 0 spiro atoms. The summed E-state index contributed by atoms with van der Waals surface area (Å²) in [7, 11) is 0. The number of nitrogens with zero attached hydrogens (tertiary/aromatic N) is 2. The average molecular weight is 273 g/mol. The number of carbonyl (C=O) groups excluding carboxylic acids is 2. The third-order valence-corrected chi connectivity index (χ3v) is 4.09. The maximum Gasteiger partial charge on any atom is 0.237 e. The van der Waals surface area contributed by atoms with Crippen LogP contribution in [0.4, 0.5) is 0 Å². The van der Waals surface area contributed by atoms with Crippen LogP contribution in [0.1, 0.15) is 39.0 Å². The average Bonchev–Trinajstić information content (AvgIpc) is 3.19. The molecule has 0 unspecified atom stereocenters. The van der Waals surface area contributed by atoms with E-state index in [-0.39, 0.29) is 23.7 Å². The van der Waals surface area contributed by atoms with E-state index in [1.54, 1.807) is 6.92 Å². The second kappa shape index (κ2) is 5.91. The molecule has 4 nitrogen and oxygen atoms in total. The van der Waals surface area contributed by atoms with Crippen LogP contribution in [0.3, 0.4) is 0 Å². The molecular weight excluding hydrogens is 252 g/mol. The van der Waals surface area contributed by atoms with Gasteiger partial charge in [-0.2, -0.15) is 0 Å². The predicted octanol–water partition coefficient (Wildman–Crippen LogP) is 1.62. The van der Waals surface area contributed by atoms with Gasteiger partial charge in [0.25, 0.3) is 0 Å². The Bertz CT molecular complexity index is 331. The zero-order valence-electron chi connectivity index (χ0n) is 10.9. The van der Waals surface area contributed by atoms with Gasteiger partial charge < -0.3 is 9.80 Å². The molecule has 0 aromatic rings. The molecule has 1 aliphatic heterocycles. The lowest BCUT2D eigenvalue weighted by Gasteiger charge is -2.38. The van der Waals surface area contributed by atoms with Crippen LogP contribution in [0.15, 0.2) is 0 Å². The first-order chi connectivity index (χ1) is 8.63. The van der Waals surface area contributed by atoms with Crippen LogP contribution in [0.2, 0.25) is 0 Å². The molecule has 2 amide bonds. The summed E-state index contributed by atoms with van der Waals surface area (Å²) in [6.45, 7) is 3.09. The zero-order chi connectivity index (χ0) is 13.1. The molecule has 1 saturated carbocycles. The maximum absolute atomic E-state index is 11.8. The van der Waals surface area contributed by atoms with Gasteiger partial charge in [-0.3, -0.25) is 9.59 Å². The van der Waals surface area contributed by atoms with Gasteiger partial charge in [0, 0.05) is 32.1 Å². The number of rotatable bonds is 4. The Morgan fingerprint density at radius 2 is 2.00 bits per heavy atom. The van der Waals surface area contributed by atoms with Crippen LogP contribution in [0.5, 0.6) is 0 Å². The molecule has 1 atom stereocenters. The molecule has 18 heavy (non-hydrogen) atoms. The normalized spacial score (nSPS) is 23.9. The van der Waals surface area contributed by atoms with Crippen molar-refractivity contribution >= 4 is 23.4 Å². The molecular formula is C13H21ClN2O2. The van der Waals surface area contributed by atoms with Crippen molar-refractivity contribution in [1.29, 1.82) is 0 Å². The van der Waals surface area contributed by atoms with E-state index in [1.165, 1.54) is 0 Å². The summed E-state index contributed by atoms with van der Waals surface area (Å²) in [5, 5.41) is 0. The van der Waals surface area contributed by atoms with Crippen molar-refractivity contribution in [1.82, 2.24) is 9.80 Å². The largest absolute Gasteiger partial charge is 0.338 e. The Labute approximate surface area is 113 Å². The summed E-state index contributed by atoms with van der Waals surface area (Å²) in [5.41, 5.74) is 0. The van der Waals surface area contributed by atoms with Crippen LogP contribution < -0.4 is 0 Å². The van der Waals surface area contributed by atoms with Crippen molar-refractivity contribution in [2.45, 2.75) is 51.1 Å². The van der Waals surface area contributed by atoms with Gasteiger partial charge >= 0.3 is 0 Å². The van der Waals surface area contributed by atoms with Crippen LogP contribution in [0, 0.1) is 0 Å². The third kappa shape index (κ3) is 3.16. The van der Waals surface area contributed by atoms with Crippen molar-refractivity contribution in [3.05, 3.63) is 0 Å². The molecule has 0 N–H and O–H groups in total. The summed E-state index contributed by atoms with van der Waals surface area (Å²) in [6.07, 6.45) is 5.38. The second-order valence-corrected chi connectivity index (χ2v) is 5.54. The molecule has 5 heteroatoms. The highest BCUT2D eigenvalue weighted by atomic mass is 35.5. The quantitative estimate of drug-likeness (QED) is 0.730. The maximum atomic E-state index is 11.8. The van der Waals surface area contributed by atoms with Gasteiger partial charge in [0.2, 0.25) is 11.8 Å². The molecule has 0 aromatic carbocycles. The van der Waals surface area contributed by atoms with Crippen LogP contribution in [-0.2, 0) is 9.59 Å². The van der Waals surface area contributed by atoms with Gasteiger partial charge in [0.05, 0.1) is 0 Å². The second-order valence-electron chi connectivity index (χ2n) is 5.27. The highest BCUT2D eigenvalue weighted by Crippen LogP contribution is 2.29. The summed E-state index contributed by atoms with van der Waals surface area (Å²) in [6, 6.07) is 0.576. The van der Waals surface area contributed by atoms with E-state index >= 15 is 0 Å². The molecule has 0 bridgehead atoms. The summed E-state index contributed by atoms with van der Waals surface area (Å²) in [5.74, 6) is 0.169. The topological polar surface area (TPSA) is 40.6 Å². The highest BCUT2D eigenvalue weighted by molar-refractivity contribution is 6.27. The van der Waals surface area contributed by atoms with Gasteiger partial charge in [-0.15, -0.1) is 11.6 Å². The number of halogens is 1. The minimum atomic E-state index is 0.000616. The van der Waals surface area contributed by atoms with E-state index in [1.807, 2.05) is 9.80 Å². The molecule has 0 radical (unpaired) electrons. The first-order valence-corrected chi connectivity index (χ1v) is 7.29. The zero-order valence-corrected chi connectivity index (χ0v) is 11.7. The standard InChI is InChI=1S/C13H21ClN2O2/c1-10(17)16(11-5-6-11)9-12-4-2-3-7-15(12)13(18)8-14/h11-12H,2-9H2,1H3/t12-/m0/s1. The van der Waals surface area contributed by atoms with Crippen LogP contribution >= 0.6 is 11.6 Å². The van der Waals surface area contributed by atoms with E-state index in [9.17, 15) is 9.59 Å². The van der Waals surface area contributed by atoms with E-state index in [2.05, 4.69) is 0 Å². The van der Waals surface area contributed by atoms with Gasteiger partial charge in [-0.1, -0.05) is 0 Å². The first kappa shape index (κ1) is 13.7. The molecule has 2 rings (SSSR count). The van der Waals surface area contributed by atoms with Crippen molar-refractivity contribution < 1.29 is 9.59 Å². The predicted molar refractivity (Wildman–Crippen MR) is 70.5 cm³/mol. The Kier molecular flexibility index (Phi) is 4.49. The number of alkyl halides is 1. The first-order valence-electron chi connectivity index (χ1n) is 6.76. The third-order valence-electron chi connectivity index (χ3n) is 3.86. The van der Waals surface area contributed by atoms with Gasteiger partial charge in [0.1, 0.15) is 5.88 Å². The minimum absolute atomic E-state index is 0.000616. The number of piperidine rings is 1. The fourth-order valence-electron chi connectivity index (χ4n) is 2.74. The van der Waals surface area contributed by atoms with Crippen LogP contribution in [-0.4, -0.2) is 52.7 Å². The number of hydrogen-bond donors (Lipinski definition) is 0. The fourth-order valence-corrected chi connectivity index (χ4v) is 2.90. The smallest absolute Gasteiger partial charge is 0.237 e. The number of likely N-dealkylation sites (tertiary alicyclic amines) is 1. The number of carbonyl (C=O) groups is 2. The Morgan fingerprint density at radius 1 is 1.28 bits per heavy atom. The summed E-state index contributed by atoms with van der Waals surface area (Å²) >= 11 is 5.65. The summed E-state index contributed by atoms with van der Waals surface area (Å²) in [4.78, 5) is 27.3. The van der Waals surface area contributed by atoms with Crippen LogP contribution in [0.25, 0.3) is 0 Å². The lowest BCUT2D eigenvalue weighted by molar-refractivity contribution is -0.136. The van der Waals surface area contributed by atoms with E-state index in [0.717, 1.165) is 38.6 Å². The lowest BCUT2D eigenvalue weighted by atomic mass is 10.0. The Morgan fingerprint density at radius 3 is 2.56 bits per heavy atom. The minimum Gasteiger partial charge on any atom is -0.338 e. The monoisotopic (exact) mass is 272 g/mol. The van der Waals surface area contributed by atoms with E-state index < -0.39 is 0 Å². The fraction of sp³-hybridized carbons (Fsp3) is 0.846. The van der Waals surface area contributed by atoms with Gasteiger partial charge in [-0.25, -0.2) is 0 Å². The van der Waals surface area contributed by atoms with Crippen molar-refractivity contribution in [3.8, 4) is 0 Å². The van der Waals surface area contributed by atoms with Gasteiger partial charge in [-0.05, 0) is 32.1 Å². The molecule has 0 aromatic heterocycles. The Balaban J connectivity index is 1.99. The molecule has 1 aliphatic carbocycles. The van der Waals surface area contributed by atoms with E-state index in [4.69, 9.17) is 11.6 Å². The van der Waals surface area contributed by atoms with Crippen molar-refractivity contribution in [2.75, 3.05) is 19.0 Å². The molecule has 1 heterocycles. The highest BCUT2D eigenvalue weighted by Gasteiger charge is 2.35. The van der Waals surface area contributed by atoms with Crippen molar-refractivity contribution in [3.63, 3.8) is 0 Å². The lowest BCUT2D eigenvalue weighted by Crippen LogP contribution is -2.51. The molecule has 1 saturated heterocycles. The summed E-state index contributed by atoms with van der Waals surface area (Å²) < 4.78 is 0. The number of amides is 2. The SMILES string of the molecule is CC(=O)N(C[C@@H]1CCCCN1C(=O)CCl)C1CC1. The Hall–Kier alpha value is -0.770. The van der Waals surface area contributed by atoms with Gasteiger partial charge in [0.15, 0.2) is 0 Å². The molecule has 2 fully saturated rings.